The fraction of sp³-hybridized carbons (Fsp3) is 0.200. The Morgan fingerprint density at radius 2 is 1.62 bits per heavy atom. The van der Waals surface area contributed by atoms with Gasteiger partial charge in [0.05, 0.1) is 4.83 Å². The van der Waals surface area contributed by atoms with Crippen LogP contribution in [0.25, 0.3) is 0 Å². The molecule has 21 heavy (non-hydrogen) atoms. The standard InChI is InChI=1S/C15H10Br2Cl2O2/c16-11-2-1-8(18)5-9(11)15(17)10-6-13-14(7-12(10)19)21-4-3-20-13/h1-2,5-7,15H,3-4H2. The number of hydrogen-bond acceptors (Lipinski definition) is 2. The highest BCUT2D eigenvalue weighted by Gasteiger charge is 2.21. The van der Waals surface area contributed by atoms with Crippen LogP contribution in [0.2, 0.25) is 10.0 Å². The largest absolute Gasteiger partial charge is 0.486 e. The van der Waals surface area contributed by atoms with Crippen molar-refractivity contribution >= 4 is 55.1 Å². The number of fused-ring (bicyclic) bond motifs is 1. The third kappa shape index (κ3) is 3.19. The summed E-state index contributed by atoms with van der Waals surface area (Å²) in [6.07, 6.45) is 0. The van der Waals surface area contributed by atoms with Gasteiger partial charge in [-0.3, -0.25) is 0 Å². The summed E-state index contributed by atoms with van der Waals surface area (Å²) in [5, 5.41) is 1.29. The molecule has 0 fully saturated rings. The number of alkyl halides is 1. The molecule has 1 aliphatic rings. The lowest BCUT2D eigenvalue weighted by Gasteiger charge is -2.22. The summed E-state index contributed by atoms with van der Waals surface area (Å²) in [5.41, 5.74) is 1.91. The SMILES string of the molecule is Clc1ccc(Br)c(C(Br)c2cc3c(cc2Cl)OCCO3)c1. The molecule has 1 heterocycles. The lowest BCUT2D eigenvalue weighted by atomic mass is 10.0. The Hall–Kier alpha value is -0.420. The van der Waals surface area contributed by atoms with Crippen LogP contribution in [0.3, 0.4) is 0 Å². The van der Waals surface area contributed by atoms with Crippen molar-refractivity contribution in [1.29, 1.82) is 0 Å². The Bertz CT molecular complexity index is 692. The van der Waals surface area contributed by atoms with E-state index in [1.54, 1.807) is 6.07 Å². The molecule has 0 N–H and O–H groups in total. The third-order valence-electron chi connectivity index (χ3n) is 3.17. The van der Waals surface area contributed by atoms with Crippen LogP contribution >= 0.6 is 55.1 Å². The van der Waals surface area contributed by atoms with Gasteiger partial charge in [-0.25, -0.2) is 0 Å². The lowest BCUT2D eigenvalue weighted by Crippen LogP contribution is -2.15. The van der Waals surface area contributed by atoms with E-state index in [2.05, 4.69) is 31.9 Å². The van der Waals surface area contributed by atoms with E-state index in [-0.39, 0.29) is 4.83 Å². The quantitative estimate of drug-likeness (QED) is 0.519. The highest BCUT2D eigenvalue weighted by molar-refractivity contribution is 9.11. The summed E-state index contributed by atoms with van der Waals surface area (Å²) in [5.74, 6) is 1.39. The summed E-state index contributed by atoms with van der Waals surface area (Å²) in [6.45, 7) is 1.09. The minimum absolute atomic E-state index is 0.103. The molecule has 2 aromatic rings. The Balaban J connectivity index is 2.05. The molecule has 0 amide bonds. The zero-order chi connectivity index (χ0) is 15.0. The van der Waals surface area contributed by atoms with Crippen LogP contribution in [-0.4, -0.2) is 13.2 Å². The predicted molar refractivity (Wildman–Crippen MR) is 92.4 cm³/mol. The minimum Gasteiger partial charge on any atom is -0.486 e. The molecule has 1 unspecified atom stereocenters. The molecule has 3 rings (SSSR count). The molecule has 110 valence electrons. The normalized spacial score (nSPS) is 14.9. The van der Waals surface area contributed by atoms with Crippen LogP contribution in [0.1, 0.15) is 16.0 Å². The minimum atomic E-state index is -0.103. The van der Waals surface area contributed by atoms with Gasteiger partial charge in [-0.05, 0) is 35.4 Å². The van der Waals surface area contributed by atoms with Crippen LogP contribution in [0.15, 0.2) is 34.8 Å². The molecule has 0 bridgehead atoms. The maximum absolute atomic E-state index is 6.38. The Morgan fingerprint density at radius 3 is 2.33 bits per heavy atom. The van der Waals surface area contributed by atoms with E-state index in [0.29, 0.717) is 34.8 Å². The second-order valence-corrected chi connectivity index (χ2v) is 7.16. The van der Waals surface area contributed by atoms with E-state index in [4.69, 9.17) is 32.7 Å². The van der Waals surface area contributed by atoms with Crippen LogP contribution in [-0.2, 0) is 0 Å². The van der Waals surface area contributed by atoms with Crippen LogP contribution in [0.5, 0.6) is 11.5 Å². The van der Waals surface area contributed by atoms with Crippen LogP contribution in [0.4, 0.5) is 0 Å². The Labute approximate surface area is 149 Å². The van der Waals surface area contributed by atoms with E-state index in [1.165, 1.54) is 0 Å². The van der Waals surface area contributed by atoms with Gasteiger partial charge >= 0.3 is 0 Å². The van der Waals surface area contributed by atoms with Crippen molar-refractivity contribution in [3.63, 3.8) is 0 Å². The van der Waals surface area contributed by atoms with Gasteiger partial charge in [0.2, 0.25) is 0 Å². The molecule has 2 nitrogen and oxygen atoms in total. The van der Waals surface area contributed by atoms with Crippen molar-refractivity contribution in [2.45, 2.75) is 4.83 Å². The van der Waals surface area contributed by atoms with Gasteiger partial charge in [0.15, 0.2) is 11.5 Å². The van der Waals surface area contributed by atoms with Crippen molar-refractivity contribution in [3.8, 4) is 11.5 Å². The summed E-state index contributed by atoms with van der Waals surface area (Å²) in [6, 6.07) is 9.35. The average molecular weight is 453 g/mol. The van der Waals surface area contributed by atoms with Crippen molar-refractivity contribution in [2.75, 3.05) is 13.2 Å². The molecule has 0 saturated carbocycles. The smallest absolute Gasteiger partial charge is 0.162 e. The van der Waals surface area contributed by atoms with Crippen molar-refractivity contribution < 1.29 is 9.47 Å². The molecule has 0 spiro atoms. The van der Waals surface area contributed by atoms with Gasteiger partial charge in [0.1, 0.15) is 13.2 Å². The molecule has 0 radical (unpaired) electrons. The average Bonchev–Trinajstić information content (AvgIpc) is 2.48. The predicted octanol–water partition coefficient (Wildman–Crippen LogP) is 6.01. The fourth-order valence-electron chi connectivity index (χ4n) is 2.15. The van der Waals surface area contributed by atoms with E-state index in [1.807, 2.05) is 24.3 Å². The summed E-state index contributed by atoms with van der Waals surface area (Å²) < 4.78 is 12.1. The van der Waals surface area contributed by atoms with E-state index in [9.17, 15) is 0 Å². The number of ether oxygens (including phenoxy) is 2. The van der Waals surface area contributed by atoms with Crippen LogP contribution in [0, 0.1) is 0 Å². The van der Waals surface area contributed by atoms with Crippen molar-refractivity contribution in [2.24, 2.45) is 0 Å². The molecule has 0 aromatic heterocycles. The monoisotopic (exact) mass is 450 g/mol. The Morgan fingerprint density at radius 1 is 0.952 bits per heavy atom. The molecule has 6 heteroatoms. The fourth-order valence-corrected chi connectivity index (χ4v) is 4.27. The van der Waals surface area contributed by atoms with E-state index >= 15 is 0 Å². The molecular formula is C15H10Br2Cl2O2. The zero-order valence-corrected chi connectivity index (χ0v) is 15.4. The maximum Gasteiger partial charge on any atom is 0.162 e. The first kappa shape index (κ1) is 15.5. The topological polar surface area (TPSA) is 18.5 Å². The number of benzene rings is 2. The number of halogens is 4. The highest BCUT2D eigenvalue weighted by Crippen LogP contribution is 2.44. The Kier molecular flexibility index (Phi) is 4.69. The highest BCUT2D eigenvalue weighted by atomic mass is 79.9. The second kappa shape index (κ2) is 6.37. The molecule has 0 aliphatic carbocycles. The summed E-state index contributed by atoms with van der Waals surface area (Å²) in [7, 11) is 0. The van der Waals surface area contributed by atoms with Gasteiger partial charge in [0.25, 0.3) is 0 Å². The van der Waals surface area contributed by atoms with Gasteiger partial charge in [-0.1, -0.05) is 55.1 Å². The maximum atomic E-state index is 6.38. The number of hydrogen-bond donors (Lipinski definition) is 0. The third-order valence-corrected chi connectivity index (χ3v) is 5.44. The van der Waals surface area contributed by atoms with Gasteiger partial charge in [-0.15, -0.1) is 0 Å². The van der Waals surface area contributed by atoms with Crippen molar-refractivity contribution in [1.82, 2.24) is 0 Å². The lowest BCUT2D eigenvalue weighted by molar-refractivity contribution is 0.171. The second-order valence-electron chi connectivity index (χ2n) is 4.55. The van der Waals surface area contributed by atoms with E-state index in [0.717, 1.165) is 15.6 Å². The zero-order valence-electron chi connectivity index (χ0n) is 10.7. The summed E-state index contributed by atoms with van der Waals surface area (Å²) >= 11 is 19.7. The van der Waals surface area contributed by atoms with Gasteiger partial charge < -0.3 is 9.47 Å². The van der Waals surface area contributed by atoms with Crippen LogP contribution < -0.4 is 9.47 Å². The van der Waals surface area contributed by atoms with E-state index < -0.39 is 0 Å². The molecule has 0 saturated heterocycles. The summed E-state index contributed by atoms with van der Waals surface area (Å²) in [4.78, 5) is -0.103. The first-order valence-corrected chi connectivity index (χ1v) is 8.71. The molecular weight excluding hydrogens is 443 g/mol. The molecule has 1 atom stereocenters. The molecule has 1 aliphatic heterocycles. The number of rotatable bonds is 2. The molecule has 2 aromatic carbocycles. The first-order chi connectivity index (χ1) is 10.1. The van der Waals surface area contributed by atoms with Crippen molar-refractivity contribution in [3.05, 3.63) is 56.0 Å². The van der Waals surface area contributed by atoms with Gasteiger partial charge in [0, 0.05) is 20.6 Å². The van der Waals surface area contributed by atoms with Gasteiger partial charge in [-0.2, -0.15) is 0 Å². The first-order valence-electron chi connectivity index (χ1n) is 6.24.